The zero-order chi connectivity index (χ0) is 23.0. The van der Waals surface area contributed by atoms with E-state index in [2.05, 4.69) is 11.1 Å². The maximum Gasteiger partial charge on any atom is 0.408 e. The van der Waals surface area contributed by atoms with Crippen molar-refractivity contribution < 1.29 is 39.1 Å². The molecule has 0 bridgehead atoms. The van der Waals surface area contributed by atoms with Crippen LogP contribution in [0.15, 0.2) is 54.6 Å². The molecule has 0 aliphatic heterocycles. The number of carbonyl (C=O) groups excluding carboxylic acids is 2. The number of amides is 1. The summed E-state index contributed by atoms with van der Waals surface area (Å²) in [6.07, 6.45) is -2.83. The molecule has 2 aromatic rings. The van der Waals surface area contributed by atoms with E-state index < -0.39 is 37.5 Å². The molecule has 0 aliphatic carbocycles. The average Bonchev–Trinajstić information content (AvgIpc) is 2.74. The first kappa shape index (κ1) is 24.6. The van der Waals surface area contributed by atoms with Crippen molar-refractivity contribution >= 4 is 19.7 Å². The van der Waals surface area contributed by atoms with Gasteiger partial charge in [-0.3, -0.25) is 0 Å². The Labute approximate surface area is 180 Å². The number of carbonyl (C=O) groups is 2. The van der Waals surface area contributed by atoms with Crippen molar-refractivity contribution in [2.45, 2.75) is 38.9 Å². The van der Waals surface area contributed by atoms with Gasteiger partial charge in [0.15, 0.2) is 7.60 Å². The summed E-state index contributed by atoms with van der Waals surface area (Å²) in [5.74, 6) is -3.85. The Morgan fingerprint density at radius 1 is 1.10 bits per heavy atom. The third kappa shape index (κ3) is 7.18. The van der Waals surface area contributed by atoms with Crippen LogP contribution in [0.5, 0.6) is 0 Å². The van der Waals surface area contributed by atoms with Gasteiger partial charge in [-0.05, 0) is 23.1 Å². The summed E-state index contributed by atoms with van der Waals surface area (Å²) in [6.45, 7) is 3.42. The van der Waals surface area contributed by atoms with Crippen LogP contribution < -0.4 is 21.1 Å². The molecule has 0 aliphatic rings. The van der Waals surface area contributed by atoms with E-state index >= 15 is 0 Å². The maximum absolute atomic E-state index is 12.9. The van der Waals surface area contributed by atoms with Gasteiger partial charge in [0.25, 0.3) is 0 Å². The molecule has 4 N–H and O–H groups in total. The molecule has 0 aromatic heterocycles. The molecule has 0 saturated heterocycles. The highest BCUT2D eigenvalue weighted by Crippen LogP contribution is 2.49. The largest absolute Gasteiger partial charge is 0.777 e. The van der Waals surface area contributed by atoms with Gasteiger partial charge < -0.3 is 39.7 Å². The summed E-state index contributed by atoms with van der Waals surface area (Å²) < 4.78 is 22.9. The lowest BCUT2D eigenvalue weighted by atomic mass is 10.1. The van der Waals surface area contributed by atoms with Crippen LogP contribution in [0, 0.1) is 5.92 Å². The van der Waals surface area contributed by atoms with E-state index in [1.807, 2.05) is 6.07 Å². The molecule has 2 aromatic carbocycles. The molecule has 10 heteroatoms. The minimum Gasteiger partial charge on any atom is -0.777 e. The normalized spacial score (nSPS) is 15.0. The van der Waals surface area contributed by atoms with Gasteiger partial charge in [-0.1, -0.05) is 62.4 Å². The van der Waals surface area contributed by atoms with E-state index in [0.29, 0.717) is 12.1 Å². The summed E-state index contributed by atoms with van der Waals surface area (Å²) in [5, 5.41) is 13.9. The van der Waals surface area contributed by atoms with Crippen molar-refractivity contribution in [3.63, 3.8) is 0 Å². The fraction of sp³-hybridized carbons (Fsp3) is 0.333. The molecule has 0 radical (unpaired) electrons. The number of rotatable bonds is 10. The zero-order valence-corrected chi connectivity index (χ0v) is 18.2. The first-order chi connectivity index (χ1) is 14.6. The molecule has 168 valence electrons. The molecule has 1 unspecified atom stereocenters. The third-order valence-corrected chi connectivity index (χ3v) is 6.37. The second kappa shape index (κ2) is 11.1. The summed E-state index contributed by atoms with van der Waals surface area (Å²) in [7, 11) is -4.91. The van der Waals surface area contributed by atoms with Gasteiger partial charge in [-0.15, -0.1) is 0 Å². The number of nitrogens with one attached hydrogen (secondary N) is 1. The third-order valence-electron chi connectivity index (χ3n) is 4.46. The number of carboxylic acid groups (broad SMARTS) is 1. The molecule has 31 heavy (non-hydrogen) atoms. The molecule has 3 atom stereocenters. The van der Waals surface area contributed by atoms with Crippen LogP contribution in [0.3, 0.4) is 0 Å². The first-order valence-electron chi connectivity index (χ1n) is 9.69. The number of hydrogen-bond donors (Lipinski definition) is 2. The van der Waals surface area contributed by atoms with E-state index in [0.717, 1.165) is 5.56 Å². The highest BCUT2D eigenvalue weighted by molar-refractivity contribution is 7.52. The molecular weight excluding hydrogens is 423 g/mol. The van der Waals surface area contributed by atoms with Crippen LogP contribution in [0.1, 0.15) is 36.6 Å². The van der Waals surface area contributed by atoms with Crippen LogP contribution in [0.4, 0.5) is 4.79 Å². The second-order valence-electron chi connectivity index (χ2n) is 7.23. The van der Waals surface area contributed by atoms with Gasteiger partial charge in [-0.2, -0.15) is 0 Å². The van der Waals surface area contributed by atoms with Gasteiger partial charge in [0.05, 0.1) is 18.3 Å². The Morgan fingerprint density at radius 3 is 2.32 bits per heavy atom. The summed E-state index contributed by atoms with van der Waals surface area (Å²) >= 11 is 0. The van der Waals surface area contributed by atoms with Crippen LogP contribution in [-0.4, -0.2) is 17.8 Å². The Bertz CT molecular complexity index is 936. The van der Waals surface area contributed by atoms with Crippen molar-refractivity contribution in [1.82, 2.24) is 5.32 Å². The summed E-state index contributed by atoms with van der Waals surface area (Å²) in [4.78, 5) is 36.7. The number of carboxylic acids is 1. The molecule has 0 fully saturated rings. The fourth-order valence-corrected chi connectivity index (χ4v) is 4.49. The number of benzene rings is 2. The standard InChI is InChI=1S/C21H27N2O7P/c1-14(2)19(23-21(26)29-13-15-7-4-3-5-8-15)31(27,28)30-18(20(24)25)17-10-6-9-16(11-17)12-22/h3-11,14,18-19H,12-13,22H2,1-2H3,(H,23,26)(H,24,25)(H,27,28)/p-1/t18-,19+/m0/s1. The van der Waals surface area contributed by atoms with Crippen molar-refractivity contribution in [3.8, 4) is 0 Å². The topological polar surface area (TPSA) is 155 Å². The predicted molar refractivity (Wildman–Crippen MR) is 108 cm³/mol. The predicted octanol–water partition coefficient (Wildman–Crippen LogP) is 0.698. The van der Waals surface area contributed by atoms with Gasteiger partial charge in [-0.25, -0.2) is 4.79 Å². The van der Waals surface area contributed by atoms with Crippen LogP contribution in [-0.2, 0) is 31.8 Å². The van der Waals surface area contributed by atoms with Crippen LogP contribution >= 0.6 is 7.60 Å². The molecular formula is C21H26N2O7P-. The second-order valence-corrected chi connectivity index (χ2v) is 9.08. The average molecular weight is 449 g/mol. The minimum atomic E-state index is -4.91. The minimum absolute atomic E-state index is 0.0545. The smallest absolute Gasteiger partial charge is 0.408 e. The SMILES string of the molecule is CC(C)[C@H](NC(=O)OCc1ccccc1)P(=O)([O-])O[C@H](C(=O)[O-])c1cccc(C[NH3+])c1. The fourth-order valence-electron chi connectivity index (χ4n) is 2.86. The number of alkyl carbamates (subject to hydrolysis) is 1. The number of ether oxygens (including phenoxy) is 1. The lowest BCUT2D eigenvalue weighted by Gasteiger charge is -2.37. The van der Waals surface area contributed by atoms with E-state index in [-0.39, 0.29) is 12.2 Å². The maximum atomic E-state index is 12.9. The van der Waals surface area contributed by atoms with E-state index in [9.17, 15) is 24.2 Å². The Balaban J connectivity index is 2.14. The Morgan fingerprint density at radius 2 is 1.74 bits per heavy atom. The van der Waals surface area contributed by atoms with E-state index in [4.69, 9.17) is 9.26 Å². The summed E-state index contributed by atoms with van der Waals surface area (Å²) in [5.41, 5.74) is 5.25. The number of hydrogen-bond acceptors (Lipinski definition) is 7. The van der Waals surface area contributed by atoms with Crippen molar-refractivity contribution in [1.29, 1.82) is 0 Å². The van der Waals surface area contributed by atoms with Gasteiger partial charge in [0.1, 0.15) is 12.7 Å². The van der Waals surface area contributed by atoms with Gasteiger partial charge in [0.2, 0.25) is 0 Å². The van der Waals surface area contributed by atoms with Crippen LogP contribution in [0.25, 0.3) is 0 Å². The Hall–Kier alpha value is -2.71. The quantitative estimate of drug-likeness (QED) is 0.506. The number of quaternary nitrogens is 1. The van der Waals surface area contributed by atoms with Gasteiger partial charge in [0, 0.05) is 5.56 Å². The zero-order valence-electron chi connectivity index (χ0n) is 17.4. The lowest BCUT2D eigenvalue weighted by Crippen LogP contribution is -2.47. The van der Waals surface area contributed by atoms with Gasteiger partial charge >= 0.3 is 6.09 Å². The molecule has 0 heterocycles. The molecule has 0 saturated carbocycles. The van der Waals surface area contributed by atoms with E-state index in [1.165, 1.54) is 12.1 Å². The Kier molecular flexibility index (Phi) is 8.76. The van der Waals surface area contributed by atoms with Crippen molar-refractivity contribution in [2.24, 2.45) is 5.92 Å². The molecule has 0 spiro atoms. The lowest BCUT2D eigenvalue weighted by molar-refractivity contribution is -0.386. The first-order valence-corrected chi connectivity index (χ1v) is 11.3. The molecule has 1 amide bonds. The highest BCUT2D eigenvalue weighted by Gasteiger charge is 2.32. The molecule has 2 rings (SSSR count). The summed E-state index contributed by atoms with van der Waals surface area (Å²) in [6, 6.07) is 15.1. The monoisotopic (exact) mass is 449 g/mol. The van der Waals surface area contributed by atoms with Crippen molar-refractivity contribution in [3.05, 3.63) is 71.3 Å². The van der Waals surface area contributed by atoms with E-state index in [1.54, 1.807) is 50.2 Å². The van der Waals surface area contributed by atoms with Crippen LogP contribution in [0.2, 0.25) is 0 Å². The molecule has 9 nitrogen and oxygen atoms in total. The number of aliphatic carboxylic acids is 1. The highest BCUT2D eigenvalue weighted by atomic mass is 31.2. The van der Waals surface area contributed by atoms with Crippen molar-refractivity contribution in [2.75, 3.05) is 0 Å².